The third-order valence-electron chi connectivity index (χ3n) is 2.49. The number of hydrogen-bond acceptors (Lipinski definition) is 3. The van der Waals surface area contributed by atoms with Crippen LogP contribution in [0.4, 0.5) is 4.79 Å². The van der Waals surface area contributed by atoms with Crippen LogP contribution in [0.3, 0.4) is 0 Å². The molecule has 2 rings (SSSR count). The van der Waals surface area contributed by atoms with E-state index in [2.05, 4.69) is 10.2 Å². The molecular formula is C8H14N2OS. The van der Waals surface area contributed by atoms with Crippen LogP contribution in [0.5, 0.6) is 0 Å². The zero-order chi connectivity index (χ0) is 8.39. The van der Waals surface area contributed by atoms with Crippen LogP contribution in [0, 0.1) is 0 Å². The average Bonchev–Trinajstić information content (AvgIpc) is 2.54. The SMILES string of the molecule is O=C1NC(N2CCCCC2)CS1. The molecule has 68 valence electrons. The van der Waals surface area contributed by atoms with Gasteiger partial charge in [-0.05, 0) is 12.8 Å². The number of nitrogens with one attached hydrogen (secondary N) is 1. The number of carbonyl (C=O) groups excluding carboxylic acids is 1. The van der Waals surface area contributed by atoms with E-state index in [0.717, 1.165) is 18.8 Å². The van der Waals surface area contributed by atoms with E-state index in [1.54, 1.807) is 0 Å². The highest BCUT2D eigenvalue weighted by molar-refractivity contribution is 8.13. The predicted molar refractivity (Wildman–Crippen MR) is 50.2 cm³/mol. The lowest BCUT2D eigenvalue weighted by Gasteiger charge is -2.31. The fourth-order valence-electron chi connectivity index (χ4n) is 1.80. The number of rotatable bonds is 1. The number of carbonyl (C=O) groups is 1. The molecule has 3 nitrogen and oxygen atoms in total. The van der Waals surface area contributed by atoms with Crippen molar-refractivity contribution in [2.24, 2.45) is 0 Å². The van der Waals surface area contributed by atoms with E-state index in [1.807, 2.05) is 0 Å². The van der Waals surface area contributed by atoms with E-state index in [1.165, 1.54) is 31.0 Å². The second-order valence-corrected chi connectivity index (χ2v) is 4.35. The van der Waals surface area contributed by atoms with Gasteiger partial charge in [-0.15, -0.1) is 0 Å². The molecule has 2 aliphatic heterocycles. The fourth-order valence-corrected chi connectivity index (χ4v) is 2.62. The molecule has 2 saturated heterocycles. The summed E-state index contributed by atoms with van der Waals surface area (Å²) in [5.41, 5.74) is 0. The fraction of sp³-hybridized carbons (Fsp3) is 0.875. The van der Waals surface area contributed by atoms with Gasteiger partial charge in [-0.3, -0.25) is 9.69 Å². The number of amides is 1. The molecule has 1 amide bonds. The smallest absolute Gasteiger partial charge is 0.280 e. The molecule has 4 heteroatoms. The molecule has 0 saturated carbocycles. The Balaban J connectivity index is 1.86. The number of nitrogens with zero attached hydrogens (tertiary/aromatic N) is 1. The Morgan fingerprint density at radius 2 is 2.08 bits per heavy atom. The third kappa shape index (κ3) is 1.75. The van der Waals surface area contributed by atoms with Crippen molar-refractivity contribution in [3.05, 3.63) is 0 Å². The minimum Gasteiger partial charge on any atom is -0.331 e. The lowest BCUT2D eigenvalue weighted by molar-refractivity contribution is 0.162. The molecule has 0 aliphatic carbocycles. The number of likely N-dealkylation sites (tertiary alicyclic amines) is 1. The lowest BCUT2D eigenvalue weighted by atomic mass is 10.1. The van der Waals surface area contributed by atoms with E-state index in [9.17, 15) is 4.79 Å². The van der Waals surface area contributed by atoms with Crippen LogP contribution in [0.2, 0.25) is 0 Å². The van der Waals surface area contributed by atoms with Gasteiger partial charge < -0.3 is 5.32 Å². The Bertz CT molecular complexity index is 180. The molecule has 0 aromatic carbocycles. The quantitative estimate of drug-likeness (QED) is 0.669. The largest absolute Gasteiger partial charge is 0.331 e. The van der Waals surface area contributed by atoms with Crippen molar-refractivity contribution in [2.75, 3.05) is 18.8 Å². The first-order valence-corrected chi connectivity index (χ1v) is 5.52. The zero-order valence-corrected chi connectivity index (χ0v) is 7.90. The molecule has 0 spiro atoms. The summed E-state index contributed by atoms with van der Waals surface area (Å²) in [5.74, 6) is 0.929. The molecule has 1 N–H and O–H groups in total. The summed E-state index contributed by atoms with van der Waals surface area (Å²) >= 11 is 1.41. The molecule has 2 aliphatic rings. The molecule has 0 aromatic heterocycles. The van der Waals surface area contributed by atoms with Gasteiger partial charge in [0.2, 0.25) is 0 Å². The van der Waals surface area contributed by atoms with Crippen molar-refractivity contribution in [2.45, 2.75) is 25.4 Å². The number of piperidine rings is 1. The molecule has 0 bridgehead atoms. The molecule has 1 atom stereocenters. The third-order valence-corrected chi connectivity index (χ3v) is 3.35. The minimum absolute atomic E-state index is 0.144. The first kappa shape index (κ1) is 8.38. The summed E-state index contributed by atoms with van der Waals surface area (Å²) < 4.78 is 0. The normalized spacial score (nSPS) is 32.0. The Morgan fingerprint density at radius 3 is 2.67 bits per heavy atom. The van der Waals surface area contributed by atoms with Crippen molar-refractivity contribution in [1.29, 1.82) is 0 Å². The highest BCUT2D eigenvalue weighted by Crippen LogP contribution is 2.19. The summed E-state index contributed by atoms with van der Waals surface area (Å²) in [6, 6.07) is 0. The molecule has 2 fully saturated rings. The van der Waals surface area contributed by atoms with Crippen LogP contribution in [0.1, 0.15) is 19.3 Å². The number of thioether (sulfide) groups is 1. The predicted octanol–water partition coefficient (Wildman–Crippen LogP) is 1.25. The topological polar surface area (TPSA) is 32.3 Å². The van der Waals surface area contributed by atoms with Gasteiger partial charge in [-0.2, -0.15) is 0 Å². The maximum Gasteiger partial charge on any atom is 0.280 e. The van der Waals surface area contributed by atoms with E-state index < -0.39 is 0 Å². The van der Waals surface area contributed by atoms with Crippen molar-refractivity contribution >= 4 is 17.0 Å². The highest BCUT2D eigenvalue weighted by atomic mass is 32.2. The van der Waals surface area contributed by atoms with Crippen molar-refractivity contribution < 1.29 is 4.79 Å². The molecule has 0 radical (unpaired) electrons. The van der Waals surface area contributed by atoms with Gasteiger partial charge in [0.1, 0.15) is 0 Å². The molecule has 1 unspecified atom stereocenters. The standard InChI is InChI=1S/C8H14N2OS/c11-8-9-7(6-12-8)10-4-2-1-3-5-10/h7H,1-6H2,(H,9,11). The first-order chi connectivity index (χ1) is 5.86. The van der Waals surface area contributed by atoms with Crippen LogP contribution >= 0.6 is 11.8 Å². The summed E-state index contributed by atoms with van der Waals surface area (Å²) in [7, 11) is 0. The molecular weight excluding hydrogens is 172 g/mol. The van der Waals surface area contributed by atoms with Gasteiger partial charge in [0.15, 0.2) is 0 Å². The lowest BCUT2D eigenvalue weighted by Crippen LogP contribution is -2.46. The van der Waals surface area contributed by atoms with Crippen LogP contribution in [0.25, 0.3) is 0 Å². The Kier molecular flexibility index (Phi) is 2.56. The van der Waals surface area contributed by atoms with E-state index in [-0.39, 0.29) is 5.24 Å². The van der Waals surface area contributed by atoms with Gasteiger partial charge in [0, 0.05) is 18.8 Å². The maximum atomic E-state index is 10.9. The monoisotopic (exact) mass is 186 g/mol. The van der Waals surface area contributed by atoms with Crippen molar-refractivity contribution in [3.63, 3.8) is 0 Å². The van der Waals surface area contributed by atoms with Crippen LogP contribution in [-0.2, 0) is 0 Å². The van der Waals surface area contributed by atoms with E-state index in [0.29, 0.717) is 6.17 Å². The summed E-state index contributed by atoms with van der Waals surface area (Å²) in [6.45, 7) is 2.32. The summed E-state index contributed by atoms with van der Waals surface area (Å²) in [6.07, 6.45) is 4.25. The van der Waals surface area contributed by atoms with Gasteiger partial charge in [0.25, 0.3) is 5.24 Å². The Hall–Kier alpha value is -0.220. The van der Waals surface area contributed by atoms with Gasteiger partial charge in [-0.25, -0.2) is 0 Å². The van der Waals surface area contributed by atoms with Gasteiger partial charge in [0.05, 0.1) is 6.17 Å². The Labute approximate surface area is 76.9 Å². The van der Waals surface area contributed by atoms with Crippen molar-refractivity contribution in [3.8, 4) is 0 Å². The van der Waals surface area contributed by atoms with Crippen LogP contribution < -0.4 is 5.32 Å². The minimum atomic E-state index is 0.144. The summed E-state index contributed by atoms with van der Waals surface area (Å²) in [5, 5.41) is 3.12. The van der Waals surface area contributed by atoms with Crippen molar-refractivity contribution in [1.82, 2.24) is 10.2 Å². The number of hydrogen-bond donors (Lipinski definition) is 1. The second-order valence-electron chi connectivity index (χ2n) is 3.36. The van der Waals surface area contributed by atoms with Crippen LogP contribution in [0.15, 0.2) is 0 Å². The molecule has 12 heavy (non-hydrogen) atoms. The van der Waals surface area contributed by atoms with E-state index in [4.69, 9.17) is 0 Å². The first-order valence-electron chi connectivity index (χ1n) is 4.53. The maximum absolute atomic E-state index is 10.9. The second kappa shape index (κ2) is 3.66. The van der Waals surface area contributed by atoms with Gasteiger partial charge in [-0.1, -0.05) is 18.2 Å². The Morgan fingerprint density at radius 1 is 1.33 bits per heavy atom. The average molecular weight is 186 g/mol. The van der Waals surface area contributed by atoms with E-state index >= 15 is 0 Å². The zero-order valence-electron chi connectivity index (χ0n) is 7.08. The highest BCUT2D eigenvalue weighted by Gasteiger charge is 2.27. The van der Waals surface area contributed by atoms with Crippen LogP contribution in [-0.4, -0.2) is 35.1 Å². The summed E-state index contributed by atoms with van der Waals surface area (Å²) in [4.78, 5) is 13.3. The van der Waals surface area contributed by atoms with Gasteiger partial charge >= 0.3 is 0 Å². The molecule has 0 aromatic rings. The molecule has 2 heterocycles.